The van der Waals surface area contributed by atoms with Crippen LogP contribution in [0.5, 0.6) is 0 Å². The molecule has 2 fully saturated rings. The maximum atomic E-state index is 12.6. The Hall–Kier alpha value is -2.65. The normalized spacial score (nSPS) is 18.5. The summed E-state index contributed by atoms with van der Waals surface area (Å²) in [5.41, 5.74) is 2.08. The molecule has 2 N–H and O–H groups in total. The minimum atomic E-state index is -0.828. The summed E-state index contributed by atoms with van der Waals surface area (Å²) in [4.78, 5) is 41.3. The monoisotopic (exact) mass is 432 g/mol. The van der Waals surface area contributed by atoms with Gasteiger partial charge in [-0.15, -0.1) is 0 Å². The largest absolute Gasteiger partial charge is 0.467 e. The van der Waals surface area contributed by atoms with E-state index >= 15 is 0 Å². The lowest BCUT2D eigenvalue weighted by Gasteiger charge is -2.33. The van der Waals surface area contributed by atoms with E-state index in [1.54, 1.807) is 6.92 Å². The van der Waals surface area contributed by atoms with Crippen LogP contribution in [0.2, 0.25) is 0 Å². The van der Waals surface area contributed by atoms with Gasteiger partial charge >= 0.3 is 5.97 Å². The van der Waals surface area contributed by atoms with Gasteiger partial charge in [-0.2, -0.15) is 0 Å². The first-order valence-electron chi connectivity index (χ1n) is 10.8. The molecule has 170 valence electrons. The molecule has 0 unspecified atom stereocenters. The number of morpholine rings is 1. The van der Waals surface area contributed by atoms with E-state index in [9.17, 15) is 14.4 Å². The van der Waals surface area contributed by atoms with Gasteiger partial charge in [0.2, 0.25) is 11.8 Å². The van der Waals surface area contributed by atoms with Crippen LogP contribution >= 0.6 is 0 Å². The summed E-state index contributed by atoms with van der Waals surface area (Å²) < 4.78 is 10.1. The minimum Gasteiger partial charge on any atom is -0.467 e. The van der Waals surface area contributed by atoms with E-state index in [1.165, 1.54) is 13.5 Å². The number of anilines is 1. The highest BCUT2D eigenvalue weighted by atomic mass is 16.5. The zero-order valence-corrected chi connectivity index (χ0v) is 18.3. The first-order chi connectivity index (χ1) is 15.0. The van der Waals surface area contributed by atoms with Gasteiger partial charge < -0.3 is 25.0 Å². The molecule has 0 aromatic heterocycles. The number of nitrogens with zero attached hydrogens (tertiary/aromatic N) is 2. The van der Waals surface area contributed by atoms with Crippen molar-refractivity contribution in [2.75, 3.05) is 57.9 Å². The predicted molar refractivity (Wildman–Crippen MR) is 116 cm³/mol. The number of esters is 1. The standard InChI is InChI=1S/C22H32N4O5/c1-16(23-20(27)15-25-10-12-31-13-11-25)21(28)24-19(22(29)30-2)14-17-4-6-18(7-5-17)26-8-3-9-26/h4-7,16,19H,3,8-15H2,1-2H3,(H,23,27)(H,24,28)/t16-,19-/m0/s1. The first kappa shape index (κ1) is 23.0. The van der Waals surface area contributed by atoms with Gasteiger partial charge in [-0.1, -0.05) is 12.1 Å². The number of hydrogen-bond acceptors (Lipinski definition) is 7. The Kier molecular flexibility index (Phi) is 8.25. The Labute approximate surface area is 183 Å². The van der Waals surface area contributed by atoms with Crippen molar-refractivity contribution in [3.8, 4) is 0 Å². The summed E-state index contributed by atoms with van der Waals surface area (Å²) in [5, 5.41) is 5.41. The molecule has 1 aromatic rings. The molecule has 2 aliphatic heterocycles. The van der Waals surface area contributed by atoms with Crippen molar-refractivity contribution >= 4 is 23.5 Å². The van der Waals surface area contributed by atoms with Gasteiger partial charge in [-0.05, 0) is 31.0 Å². The second-order valence-corrected chi connectivity index (χ2v) is 7.97. The van der Waals surface area contributed by atoms with Crippen molar-refractivity contribution in [1.82, 2.24) is 15.5 Å². The third-order valence-corrected chi connectivity index (χ3v) is 5.64. The predicted octanol–water partition coefficient (Wildman–Crippen LogP) is -0.0661. The smallest absolute Gasteiger partial charge is 0.328 e. The van der Waals surface area contributed by atoms with Crippen molar-refractivity contribution in [3.05, 3.63) is 29.8 Å². The van der Waals surface area contributed by atoms with Crippen molar-refractivity contribution < 1.29 is 23.9 Å². The molecule has 2 saturated heterocycles. The number of carbonyl (C=O) groups is 3. The second kappa shape index (κ2) is 11.1. The van der Waals surface area contributed by atoms with Gasteiger partial charge in [0.1, 0.15) is 12.1 Å². The number of methoxy groups -OCH3 is 1. The lowest BCUT2D eigenvalue weighted by atomic mass is 10.0. The summed E-state index contributed by atoms with van der Waals surface area (Å²) in [6.07, 6.45) is 1.52. The van der Waals surface area contributed by atoms with Crippen LogP contribution in [0.25, 0.3) is 0 Å². The molecule has 0 radical (unpaired) electrons. The molecule has 9 heteroatoms. The van der Waals surface area contributed by atoms with Crippen molar-refractivity contribution in [2.24, 2.45) is 0 Å². The van der Waals surface area contributed by atoms with Crippen LogP contribution < -0.4 is 15.5 Å². The number of carbonyl (C=O) groups excluding carboxylic acids is 3. The van der Waals surface area contributed by atoms with Gasteiger partial charge in [-0.25, -0.2) is 4.79 Å². The highest BCUT2D eigenvalue weighted by Crippen LogP contribution is 2.21. The average Bonchev–Trinajstić information content (AvgIpc) is 2.73. The third kappa shape index (κ3) is 6.67. The molecule has 2 amide bonds. The van der Waals surface area contributed by atoms with E-state index in [1.807, 2.05) is 29.2 Å². The maximum absolute atomic E-state index is 12.6. The van der Waals surface area contributed by atoms with Crippen LogP contribution in [0.3, 0.4) is 0 Å². The van der Waals surface area contributed by atoms with Gasteiger partial charge in [-0.3, -0.25) is 14.5 Å². The van der Waals surface area contributed by atoms with Gasteiger partial charge in [0, 0.05) is 38.3 Å². The van der Waals surface area contributed by atoms with Crippen LogP contribution in [0, 0.1) is 0 Å². The Bertz CT molecular complexity index is 760. The average molecular weight is 433 g/mol. The van der Waals surface area contributed by atoms with Crippen LogP contribution in [0.1, 0.15) is 18.9 Å². The molecule has 1 aromatic carbocycles. The van der Waals surface area contributed by atoms with Crippen LogP contribution in [-0.4, -0.2) is 87.8 Å². The SMILES string of the molecule is COC(=O)[C@H](Cc1ccc(N2CCC2)cc1)NC(=O)[C@H](C)NC(=O)CN1CCOCC1. The highest BCUT2D eigenvalue weighted by Gasteiger charge is 2.26. The number of rotatable bonds is 9. The van der Waals surface area contributed by atoms with Crippen LogP contribution in [0.15, 0.2) is 24.3 Å². The molecule has 9 nitrogen and oxygen atoms in total. The van der Waals surface area contributed by atoms with E-state index in [0.29, 0.717) is 32.7 Å². The molecule has 2 atom stereocenters. The van der Waals surface area contributed by atoms with Gasteiger partial charge in [0.15, 0.2) is 0 Å². The fraction of sp³-hybridized carbons (Fsp3) is 0.591. The Morgan fingerprint density at radius 2 is 1.74 bits per heavy atom. The molecule has 31 heavy (non-hydrogen) atoms. The van der Waals surface area contributed by atoms with Crippen molar-refractivity contribution in [3.63, 3.8) is 0 Å². The zero-order valence-electron chi connectivity index (χ0n) is 18.3. The maximum Gasteiger partial charge on any atom is 0.328 e. The quantitative estimate of drug-likeness (QED) is 0.527. The van der Waals surface area contributed by atoms with Crippen LogP contribution in [0.4, 0.5) is 5.69 Å². The fourth-order valence-corrected chi connectivity index (χ4v) is 3.60. The number of amides is 2. The lowest BCUT2D eigenvalue weighted by molar-refractivity contribution is -0.145. The first-order valence-corrected chi connectivity index (χ1v) is 10.8. The zero-order chi connectivity index (χ0) is 22.2. The summed E-state index contributed by atoms with van der Waals surface area (Å²) >= 11 is 0. The van der Waals surface area contributed by atoms with E-state index in [2.05, 4.69) is 15.5 Å². The molecule has 0 bridgehead atoms. The molecule has 0 spiro atoms. The molecule has 2 aliphatic rings. The molecule has 2 heterocycles. The number of ether oxygens (including phenoxy) is 2. The lowest BCUT2D eigenvalue weighted by Crippen LogP contribution is -2.53. The fourth-order valence-electron chi connectivity index (χ4n) is 3.60. The molecule has 0 aliphatic carbocycles. The van der Waals surface area contributed by atoms with E-state index in [-0.39, 0.29) is 12.5 Å². The van der Waals surface area contributed by atoms with Crippen molar-refractivity contribution in [1.29, 1.82) is 0 Å². The molecular weight excluding hydrogens is 400 g/mol. The highest BCUT2D eigenvalue weighted by molar-refractivity contribution is 5.91. The number of hydrogen-bond donors (Lipinski definition) is 2. The number of benzene rings is 1. The summed E-state index contributed by atoms with van der Waals surface area (Å²) in [5.74, 6) is -1.18. The Balaban J connectivity index is 1.52. The van der Waals surface area contributed by atoms with E-state index in [0.717, 1.165) is 24.3 Å². The summed E-state index contributed by atoms with van der Waals surface area (Å²) in [6.45, 7) is 6.52. The molecule has 0 saturated carbocycles. The van der Waals surface area contributed by atoms with E-state index in [4.69, 9.17) is 9.47 Å². The Morgan fingerprint density at radius 1 is 1.06 bits per heavy atom. The molecular formula is C22H32N4O5. The van der Waals surface area contributed by atoms with Crippen molar-refractivity contribution in [2.45, 2.75) is 31.8 Å². The summed E-state index contributed by atoms with van der Waals surface area (Å²) in [7, 11) is 1.29. The summed E-state index contributed by atoms with van der Waals surface area (Å²) in [6, 6.07) is 6.38. The topological polar surface area (TPSA) is 100 Å². The Morgan fingerprint density at radius 3 is 2.32 bits per heavy atom. The van der Waals surface area contributed by atoms with Gasteiger partial charge in [0.05, 0.1) is 26.9 Å². The molecule has 3 rings (SSSR count). The van der Waals surface area contributed by atoms with E-state index < -0.39 is 24.0 Å². The van der Waals surface area contributed by atoms with Crippen LogP contribution in [-0.2, 0) is 30.3 Å². The number of nitrogens with one attached hydrogen (secondary N) is 2. The van der Waals surface area contributed by atoms with Gasteiger partial charge in [0.25, 0.3) is 0 Å². The minimum absolute atomic E-state index is 0.213. The second-order valence-electron chi connectivity index (χ2n) is 7.97. The third-order valence-electron chi connectivity index (χ3n) is 5.64.